The summed E-state index contributed by atoms with van der Waals surface area (Å²) in [5.41, 5.74) is 8.57. The van der Waals surface area contributed by atoms with Gasteiger partial charge in [-0.15, -0.1) is 0 Å². The molecule has 1 fully saturated rings. The Balaban J connectivity index is 2.23. The van der Waals surface area contributed by atoms with Crippen LogP contribution in [0.4, 0.5) is 5.82 Å². The Labute approximate surface area is 97.5 Å². The molecule has 0 bridgehead atoms. The summed E-state index contributed by atoms with van der Waals surface area (Å²) in [7, 11) is 2.05. The fraction of sp³-hybridized carbons (Fsp3) is 0.615. The third kappa shape index (κ3) is 2.19. The lowest BCUT2D eigenvalue weighted by Crippen LogP contribution is -2.31. The molecule has 1 aromatic rings. The zero-order valence-electron chi connectivity index (χ0n) is 10.2. The van der Waals surface area contributed by atoms with Crippen LogP contribution in [0.2, 0.25) is 0 Å². The molecular weight excluding hydrogens is 198 g/mol. The van der Waals surface area contributed by atoms with Crippen molar-refractivity contribution in [3.05, 3.63) is 23.4 Å². The number of aromatic nitrogens is 1. The molecule has 3 heteroatoms. The van der Waals surface area contributed by atoms with Gasteiger partial charge in [0.1, 0.15) is 5.82 Å². The van der Waals surface area contributed by atoms with E-state index in [9.17, 15) is 0 Å². The van der Waals surface area contributed by atoms with Crippen molar-refractivity contribution >= 4 is 5.82 Å². The third-order valence-electron chi connectivity index (χ3n) is 3.73. The maximum atomic E-state index is 6.01. The summed E-state index contributed by atoms with van der Waals surface area (Å²) in [6.45, 7) is 2.14. The van der Waals surface area contributed by atoms with Gasteiger partial charge in [0.25, 0.3) is 0 Å². The average Bonchev–Trinajstić information content (AvgIpc) is 2.29. The molecule has 1 aliphatic rings. The van der Waals surface area contributed by atoms with Crippen LogP contribution in [0.3, 0.4) is 0 Å². The minimum absolute atomic E-state index is 0.583. The number of pyridine rings is 1. The number of hydrogen-bond acceptors (Lipinski definition) is 3. The SMILES string of the molecule is CNC1CCCC(c2c(C)ccnc2N)C1. The molecule has 1 saturated carbocycles. The van der Waals surface area contributed by atoms with Gasteiger partial charge >= 0.3 is 0 Å². The second-order valence-corrected chi connectivity index (χ2v) is 4.78. The van der Waals surface area contributed by atoms with E-state index in [1.54, 1.807) is 6.20 Å². The Morgan fingerprint density at radius 1 is 1.44 bits per heavy atom. The molecule has 1 heterocycles. The van der Waals surface area contributed by atoms with Crippen molar-refractivity contribution in [1.29, 1.82) is 0 Å². The molecule has 2 atom stereocenters. The number of nitrogens with zero attached hydrogens (tertiary/aromatic N) is 1. The fourth-order valence-corrected chi connectivity index (χ4v) is 2.84. The van der Waals surface area contributed by atoms with Gasteiger partial charge < -0.3 is 11.1 Å². The topological polar surface area (TPSA) is 50.9 Å². The van der Waals surface area contributed by atoms with E-state index < -0.39 is 0 Å². The van der Waals surface area contributed by atoms with Crippen LogP contribution in [-0.4, -0.2) is 18.1 Å². The van der Waals surface area contributed by atoms with Gasteiger partial charge in [-0.25, -0.2) is 4.98 Å². The van der Waals surface area contributed by atoms with Gasteiger partial charge in [-0.2, -0.15) is 0 Å². The predicted octanol–water partition coefficient (Wildman–Crippen LogP) is 2.22. The summed E-state index contributed by atoms with van der Waals surface area (Å²) in [4.78, 5) is 4.22. The highest BCUT2D eigenvalue weighted by Gasteiger charge is 2.24. The van der Waals surface area contributed by atoms with Crippen molar-refractivity contribution in [2.24, 2.45) is 0 Å². The Kier molecular flexibility index (Phi) is 3.44. The number of hydrogen-bond donors (Lipinski definition) is 2. The molecular formula is C13H21N3. The first-order chi connectivity index (χ1) is 7.72. The van der Waals surface area contributed by atoms with Crippen molar-refractivity contribution in [3.63, 3.8) is 0 Å². The van der Waals surface area contributed by atoms with E-state index in [0.29, 0.717) is 12.0 Å². The largest absolute Gasteiger partial charge is 0.383 e. The molecule has 88 valence electrons. The average molecular weight is 219 g/mol. The van der Waals surface area contributed by atoms with Crippen molar-refractivity contribution in [2.45, 2.75) is 44.6 Å². The van der Waals surface area contributed by atoms with E-state index in [1.807, 2.05) is 7.05 Å². The highest BCUT2D eigenvalue weighted by molar-refractivity contribution is 5.46. The smallest absolute Gasteiger partial charge is 0.127 e. The van der Waals surface area contributed by atoms with E-state index in [4.69, 9.17) is 5.73 Å². The van der Waals surface area contributed by atoms with Gasteiger partial charge in [-0.05, 0) is 50.8 Å². The Hall–Kier alpha value is -1.09. The van der Waals surface area contributed by atoms with Gasteiger partial charge in [0.15, 0.2) is 0 Å². The lowest BCUT2D eigenvalue weighted by Gasteiger charge is -2.30. The summed E-state index contributed by atoms with van der Waals surface area (Å²) in [5.74, 6) is 1.31. The number of nitrogens with one attached hydrogen (secondary N) is 1. The molecule has 3 N–H and O–H groups in total. The monoisotopic (exact) mass is 219 g/mol. The number of rotatable bonds is 2. The molecule has 0 aromatic carbocycles. The van der Waals surface area contributed by atoms with Gasteiger partial charge in [0, 0.05) is 17.8 Å². The first-order valence-electron chi connectivity index (χ1n) is 6.10. The maximum absolute atomic E-state index is 6.01. The van der Waals surface area contributed by atoms with E-state index in [2.05, 4.69) is 23.3 Å². The lowest BCUT2D eigenvalue weighted by atomic mass is 9.80. The van der Waals surface area contributed by atoms with E-state index in [1.165, 1.54) is 36.8 Å². The maximum Gasteiger partial charge on any atom is 0.127 e. The first kappa shape index (κ1) is 11.4. The minimum atomic E-state index is 0.583. The molecule has 0 saturated heterocycles. The van der Waals surface area contributed by atoms with Gasteiger partial charge in [-0.3, -0.25) is 0 Å². The molecule has 0 aliphatic heterocycles. The van der Waals surface area contributed by atoms with E-state index >= 15 is 0 Å². The molecule has 0 spiro atoms. The Bertz CT molecular complexity index is 342. The minimum Gasteiger partial charge on any atom is -0.383 e. The third-order valence-corrected chi connectivity index (χ3v) is 3.73. The van der Waals surface area contributed by atoms with E-state index in [0.717, 1.165) is 5.82 Å². The quantitative estimate of drug-likeness (QED) is 0.802. The van der Waals surface area contributed by atoms with Crippen LogP contribution in [0.5, 0.6) is 0 Å². The standard InChI is InChI=1S/C13H21N3/c1-9-6-7-16-13(14)12(9)10-4-3-5-11(8-10)15-2/h6-7,10-11,15H,3-5,8H2,1-2H3,(H2,14,16). The Morgan fingerprint density at radius 2 is 2.25 bits per heavy atom. The van der Waals surface area contributed by atoms with Crippen LogP contribution in [0.15, 0.2) is 12.3 Å². The van der Waals surface area contributed by atoms with Crippen LogP contribution in [-0.2, 0) is 0 Å². The van der Waals surface area contributed by atoms with Crippen LogP contribution >= 0.6 is 0 Å². The van der Waals surface area contributed by atoms with Crippen molar-refractivity contribution in [3.8, 4) is 0 Å². The zero-order chi connectivity index (χ0) is 11.5. The molecule has 3 nitrogen and oxygen atoms in total. The van der Waals surface area contributed by atoms with Crippen LogP contribution < -0.4 is 11.1 Å². The van der Waals surface area contributed by atoms with Crippen molar-refractivity contribution < 1.29 is 0 Å². The molecule has 0 radical (unpaired) electrons. The van der Waals surface area contributed by atoms with Gasteiger partial charge in [-0.1, -0.05) is 6.42 Å². The number of anilines is 1. The molecule has 2 rings (SSSR count). The van der Waals surface area contributed by atoms with Crippen molar-refractivity contribution in [1.82, 2.24) is 10.3 Å². The summed E-state index contributed by atoms with van der Waals surface area (Å²) in [6, 6.07) is 2.70. The number of nitrogens with two attached hydrogens (primary N) is 1. The first-order valence-corrected chi connectivity index (χ1v) is 6.10. The molecule has 1 aliphatic carbocycles. The Morgan fingerprint density at radius 3 is 2.94 bits per heavy atom. The fourth-order valence-electron chi connectivity index (χ4n) is 2.84. The molecule has 1 aromatic heterocycles. The van der Waals surface area contributed by atoms with Crippen molar-refractivity contribution in [2.75, 3.05) is 12.8 Å². The predicted molar refractivity (Wildman–Crippen MR) is 67.4 cm³/mol. The second kappa shape index (κ2) is 4.83. The van der Waals surface area contributed by atoms with Gasteiger partial charge in [0.05, 0.1) is 0 Å². The van der Waals surface area contributed by atoms with Crippen LogP contribution in [0.1, 0.15) is 42.7 Å². The molecule has 2 unspecified atom stereocenters. The summed E-state index contributed by atoms with van der Waals surface area (Å²) in [6.07, 6.45) is 6.80. The highest BCUT2D eigenvalue weighted by Crippen LogP contribution is 2.36. The lowest BCUT2D eigenvalue weighted by molar-refractivity contribution is 0.355. The number of nitrogen functional groups attached to an aromatic ring is 1. The second-order valence-electron chi connectivity index (χ2n) is 4.78. The van der Waals surface area contributed by atoms with Crippen LogP contribution in [0.25, 0.3) is 0 Å². The molecule has 0 amide bonds. The summed E-state index contributed by atoms with van der Waals surface area (Å²) >= 11 is 0. The summed E-state index contributed by atoms with van der Waals surface area (Å²) in [5, 5.41) is 3.38. The zero-order valence-corrected chi connectivity index (χ0v) is 10.2. The van der Waals surface area contributed by atoms with Gasteiger partial charge in [0.2, 0.25) is 0 Å². The number of aryl methyl sites for hydroxylation is 1. The normalized spacial score (nSPS) is 25.6. The van der Waals surface area contributed by atoms with Crippen LogP contribution in [0, 0.1) is 6.92 Å². The molecule has 16 heavy (non-hydrogen) atoms. The van der Waals surface area contributed by atoms with E-state index in [-0.39, 0.29) is 0 Å². The highest BCUT2D eigenvalue weighted by atomic mass is 14.9. The summed E-state index contributed by atoms with van der Waals surface area (Å²) < 4.78 is 0.